The van der Waals surface area contributed by atoms with Gasteiger partial charge in [-0.25, -0.2) is 9.53 Å². The number of fused-ring (bicyclic) bond motifs is 2. The van der Waals surface area contributed by atoms with Crippen molar-refractivity contribution in [1.29, 1.82) is 0 Å². The van der Waals surface area contributed by atoms with Crippen molar-refractivity contribution in [2.24, 2.45) is 0 Å². The van der Waals surface area contributed by atoms with Gasteiger partial charge >= 0.3 is 5.63 Å². The van der Waals surface area contributed by atoms with Crippen LogP contribution in [0, 0.1) is 0 Å². The molecule has 0 amide bonds. The quantitative estimate of drug-likeness (QED) is 0.459. The van der Waals surface area contributed by atoms with E-state index < -0.39 is 0 Å². The van der Waals surface area contributed by atoms with E-state index in [2.05, 4.69) is 12.1 Å². The van der Waals surface area contributed by atoms with Crippen molar-refractivity contribution in [3.05, 3.63) is 58.4 Å². The van der Waals surface area contributed by atoms with Crippen molar-refractivity contribution in [2.75, 3.05) is 0 Å². The minimum absolute atomic E-state index is 0.255. The number of hydrogen-bond acceptors (Lipinski definition) is 2. The smallest absolute Gasteiger partial charge is 0.335 e. The van der Waals surface area contributed by atoms with E-state index in [0.717, 1.165) is 11.1 Å². The Morgan fingerprint density at radius 2 is 1.82 bits per heavy atom. The van der Waals surface area contributed by atoms with Gasteiger partial charge in [0.15, 0.2) is 0 Å². The zero-order valence-corrected chi connectivity index (χ0v) is 9.01. The van der Waals surface area contributed by atoms with Crippen molar-refractivity contribution >= 4 is 10.9 Å². The fraction of sp³-hybridized carbons (Fsp3) is 0.0714. The van der Waals surface area contributed by atoms with Crippen LogP contribution >= 0.6 is 0 Å². The summed E-state index contributed by atoms with van der Waals surface area (Å²) in [4.78, 5) is 11.7. The number of nitrogens with zero attached hydrogens (tertiary/aromatic N) is 1. The van der Waals surface area contributed by atoms with Gasteiger partial charge in [0, 0.05) is 5.56 Å². The number of rotatable bonds is 0. The molecule has 1 aromatic heterocycles. The molecule has 1 aliphatic heterocycles. The zero-order valence-electron chi connectivity index (χ0n) is 9.01. The van der Waals surface area contributed by atoms with Gasteiger partial charge in [0.25, 0.3) is 0 Å². The Labute approximate surface area is 96.9 Å². The maximum absolute atomic E-state index is 11.7. The largest absolute Gasteiger partial charge is 0.365 e. The van der Waals surface area contributed by atoms with E-state index in [1.165, 1.54) is 11.1 Å². The molecular formula is C14H9NO2. The first-order valence-electron chi connectivity index (χ1n) is 5.56. The topological polar surface area (TPSA) is 35.1 Å². The molecule has 0 saturated heterocycles. The van der Waals surface area contributed by atoms with E-state index in [0.29, 0.717) is 11.9 Å². The molecule has 0 bridgehead atoms. The molecule has 17 heavy (non-hydrogen) atoms. The van der Waals surface area contributed by atoms with E-state index in [-0.39, 0.29) is 5.63 Å². The van der Waals surface area contributed by atoms with Crippen molar-refractivity contribution < 1.29 is 4.52 Å². The molecule has 0 aliphatic carbocycles. The standard InChI is InChI=1S/C14H9NO2/c16-14-12-7-3-6-11-10-5-2-1-4-9(10)8-15(17-14)13(11)12/h1-7H,8H2. The Morgan fingerprint density at radius 1 is 1.00 bits per heavy atom. The lowest BCUT2D eigenvalue weighted by Crippen LogP contribution is -2.06. The van der Waals surface area contributed by atoms with Gasteiger partial charge in [0.1, 0.15) is 0 Å². The molecule has 1 aliphatic rings. The van der Waals surface area contributed by atoms with Crippen LogP contribution in [-0.2, 0) is 6.54 Å². The van der Waals surface area contributed by atoms with Crippen LogP contribution in [0.25, 0.3) is 22.0 Å². The molecule has 82 valence electrons. The average Bonchev–Trinajstić information content (AvgIpc) is 2.68. The summed E-state index contributed by atoms with van der Waals surface area (Å²) in [5.41, 5.74) is 4.12. The molecule has 0 N–H and O–H groups in total. The van der Waals surface area contributed by atoms with Crippen molar-refractivity contribution in [1.82, 2.24) is 4.74 Å². The molecule has 3 aromatic rings. The lowest BCUT2D eigenvalue weighted by Gasteiger charge is -2.17. The summed E-state index contributed by atoms with van der Waals surface area (Å²) < 4.78 is 6.95. The molecule has 3 heteroatoms. The Hall–Kier alpha value is -2.29. The van der Waals surface area contributed by atoms with Crippen molar-refractivity contribution in [3.63, 3.8) is 0 Å². The minimum atomic E-state index is -0.255. The van der Waals surface area contributed by atoms with Crippen LogP contribution in [0.3, 0.4) is 0 Å². The molecular weight excluding hydrogens is 214 g/mol. The Balaban J connectivity index is 2.25. The summed E-state index contributed by atoms with van der Waals surface area (Å²) in [6, 6.07) is 13.9. The second kappa shape index (κ2) is 2.88. The van der Waals surface area contributed by atoms with Crippen LogP contribution in [0.15, 0.2) is 51.8 Å². The van der Waals surface area contributed by atoms with Crippen LogP contribution in [-0.4, -0.2) is 4.74 Å². The van der Waals surface area contributed by atoms with E-state index in [4.69, 9.17) is 4.52 Å². The Morgan fingerprint density at radius 3 is 2.76 bits per heavy atom. The van der Waals surface area contributed by atoms with Crippen LogP contribution in [0.2, 0.25) is 0 Å². The predicted octanol–water partition coefficient (Wildman–Crippen LogP) is 2.62. The lowest BCUT2D eigenvalue weighted by atomic mass is 9.95. The van der Waals surface area contributed by atoms with Gasteiger partial charge in [0.2, 0.25) is 0 Å². The summed E-state index contributed by atoms with van der Waals surface area (Å²) in [5.74, 6) is 0. The van der Waals surface area contributed by atoms with E-state index >= 15 is 0 Å². The molecule has 2 heterocycles. The van der Waals surface area contributed by atoms with Gasteiger partial charge in [-0.1, -0.05) is 36.4 Å². The van der Waals surface area contributed by atoms with Gasteiger partial charge in [-0.3, -0.25) is 0 Å². The number of aromatic nitrogens is 1. The third kappa shape index (κ3) is 1.03. The summed E-state index contributed by atoms with van der Waals surface area (Å²) in [6.45, 7) is 0.631. The first-order chi connectivity index (χ1) is 8.34. The SMILES string of the molecule is O=c1on2c3c(cccc13)-c1ccccc1C2. The number of para-hydroxylation sites is 1. The van der Waals surface area contributed by atoms with Crippen LogP contribution < -0.4 is 5.63 Å². The Kier molecular flexibility index (Phi) is 1.50. The highest BCUT2D eigenvalue weighted by molar-refractivity contribution is 5.95. The second-order valence-corrected chi connectivity index (χ2v) is 4.27. The molecule has 3 nitrogen and oxygen atoms in total. The maximum atomic E-state index is 11.7. The third-order valence-corrected chi connectivity index (χ3v) is 3.32. The summed E-state index contributed by atoms with van der Waals surface area (Å²) in [7, 11) is 0. The first kappa shape index (κ1) is 8.82. The van der Waals surface area contributed by atoms with Gasteiger partial charge < -0.3 is 4.52 Å². The van der Waals surface area contributed by atoms with Gasteiger partial charge in [-0.15, -0.1) is 0 Å². The molecule has 0 fully saturated rings. The molecule has 0 radical (unpaired) electrons. The zero-order chi connectivity index (χ0) is 11.4. The van der Waals surface area contributed by atoms with Crippen LogP contribution in [0.1, 0.15) is 5.56 Å². The minimum Gasteiger partial charge on any atom is -0.335 e. The van der Waals surface area contributed by atoms with Crippen molar-refractivity contribution in [2.45, 2.75) is 6.54 Å². The molecule has 4 rings (SSSR count). The molecule has 0 spiro atoms. The van der Waals surface area contributed by atoms with Gasteiger partial charge in [0.05, 0.1) is 17.4 Å². The maximum Gasteiger partial charge on any atom is 0.365 e. The number of benzene rings is 2. The van der Waals surface area contributed by atoms with E-state index in [1.807, 2.05) is 30.3 Å². The van der Waals surface area contributed by atoms with E-state index in [1.54, 1.807) is 4.74 Å². The summed E-state index contributed by atoms with van der Waals surface area (Å²) >= 11 is 0. The van der Waals surface area contributed by atoms with E-state index in [9.17, 15) is 4.79 Å². The highest BCUT2D eigenvalue weighted by atomic mass is 16.5. The highest BCUT2D eigenvalue weighted by Crippen LogP contribution is 2.34. The monoisotopic (exact) mass is 223 g/mol. The number of hydrogen-bond donors (Lipinski definition) is 0. The summed E-state index contributed by atoms with van der Waals surface area (Å²) in [6.07, 6.45) is 0. The normalized spacial score (nSPS) is 12.7. The fourth-order valence-corrected chi connectivity index (χ4v) is 2.58. The molecule has 2 aromatic carbocycles. The van der Waals surface area contributed by atoms with Crippen LogP contribution in [0.4, 0.5) is 0 Å². The average molecular weight is 223 g/mol. The Bertz CT molecular complexity index is 795. The summed E-state index contributed by atoms with van der Waals surface area (Å²) in [5, 5.41) is 0.664. The van der Waals surface area contributed by atoms with Crippen molar-refractivity contribution in [3.8, 4) is 11.1 Å². The first-order valence-corrected chi connectivity index (χ1v) is 5.56. The van der Waals surface area contributed by atoms with Crippen LogP contribution in [0.5, 0.6) is 0 Å². The molecule has 0 saturated carbocycles. The highest BCUT2D eigenvalue weighted by Gasteiger charge is 2.20. The third-order valence-electron chi connectivity index (χ3n) is 3.32. The predicted molar refractivity (Wildman–Crippen MR) is 65.0 cm³/mol. The fourth-order valence-electron chi connectivity index (χ4n) is 2.58. The van der Waals surface area contributed by atoms with Gasteiger partial charge in [-0.05, 0) is 17.2 Å². The molecule has 0 atom stereocenters. The second-order valence-electron chi connectivity index (χ2n) is 4.27. The lowest BCUT2D eigenvalue weighted by molar-refractivity contribution is 0.276. The van der Waals surface area contributed by atoms with Gasteiger partial charge in [-0.2, -0.15) is 0 Å². The molecule has 0 unspecified atom stereocenters.